The van der Waals surface area contributed by atoms with Crippen molar-refractivity contribution in [1.82, 2.24) is 4.90 Å². The Bertz CT molecular complexity index is 606. The standard InChI is InChI=1S/C22H39NO8/c1-8-21(9-2)26-13-16(29-21)17-19(28-20(27-17)23(6)7)18-15(12-25-14(5)24)30-22(10-3,11-4)31-18/h15-20H,8-13H2,1-7H3. The van der Waals surface area contributed by atoms with Gasteiger partial charge in [0.1, 0.15) is 37.1 Å². The van der Waals surface area contributed by atoms with Crippen LogP contribution in [0.3, 0.4) is 0 Å². The lowest BCUT2D eigenvalue weighted by molar-refractivity contribution is -0.196. The zero-order chi connectivity index (χ0) is 22.8. The normalized spacial score (nSPS) is 36.9. The first-order valence-corrected chi connectivity index (χ1v) is 11.5. The van der Waals surface area contributed by atoms with E-state index < -0.39 is 42.4 Å². The van der Waals surface area contributed by atoms with Crippen LogP contribution in [0.1, 0.15) is 60.3 Å². The Balaban J connectivity index is 1.85. The number of hydrogen-bond donors (Lipinski definition) is 0. The summed E-state index contributed by atoms with van der Waals surface area (Å²) in [6.07, 6.45) is 0.176. The summed E-state index contributed by atoms with van der Waals surface area (Å²) in [5.74, 6) is -1.71. The predicted molar refractivity (Wildman–Crippen MR) is 111 cm³/mol. The van der Waals surface area contributed by atoms with Gasteiger partial charge < -0.3 is 33.2 Å². The van der Waals surface area contributed by atoms with E-state index in [1.807, 2.05) is 32.8 Å². The average molecular weight is 446 g/mol. The Morgan fingerprint density at radius 1 is 0.903 bits per heavy atom. The Kier molecular flexibility index (Phi) is 8.00. The first kappa shape index (κ1) is 24.8. The van der Waals surface area contributed by atoms with E-state index in [0.717, 1.165) is 12.8 Å². The second-order valence-corrected chi connectivity index (χ2v) is 8.72. The van der Waals surface area contributed by atoms with Crippen LogP contribution in [0.5, 0.6) is 0 Å². The van der Waals surface area contributed by atoms with Crippen LogP contribution in [0.2, 0.25) is 0 Å². The fourth-order valence-corrected chi connectivity index (χ4v) is 4.51. The van der Waals surface area contributed by atoms with Crippen molar-refractivity contribution in [2.24, 2.45) is 0 Å². The quantitative estimate of drug-likeness (QED) is 0.497. The van der Waals surface area contributed by atoms with Gasteiger partial charge in [-0.3, -0.25) is 9.69 Å². The summed E-state index contributed by atoms with van der Waals surface area (Å²) >= 11 is 0. The van der Waals surface area contributed by atoms with Gasteiger partial charge in [0.25, 0.3) is 0 Å². The minimum absolute atomic E-state index is 0.0941. The van der Waals surface area contributed by atoms with E-state index in [2.05, 4.69) is 13.8 Å². The molecule has 0 spiro atoms. The van der Waals surface area contributed by atoms with Gasteiger partial charge in [0.05, 0.1) is 6.61 Å². The lowest BCUT2D eigenvalue weighted by Crippen LogP contribution is -2.49. The van der Waals surface area contributed by atoms with E-state index in [1.54, 1.807) is 0 Å². The summed E-state index contributed by atoms with van der Waals surface area (Å²) in [6, 6.07) is 0. The molecule has 9 heteroatoms. The van der Waals surface area contributed by atoms with Crippen LogP contribution >= 0.6 is 0 Å². The third kappa shape index (κ3) is 5.08. The van der Waals surface area contributed by atoms with Crippen LogP contribution in [-0.2, 0) is 38.0 Å². The zero-order valence-corrected chi connectivity index (χ0v) is 19.9. The number of nitrogens with zero attached hydrogens (tertiary/aromatic N) is 1. The first-order valence-electron chi connectivity index (χ1n) is 11.5. The van der Waals surface area contributed by atoms with E-state index in [0.29, 0.717) is 19.4 Å². The van der Waals surface area contributed by atoms with Gasteiger partial charge in [-0.15, -0.1) is 0 Å². The molecule has 0 aromatic heterocycles. The van der Waals surface area contributed by atoms with Crippen molar-refractivity contribution in [3.63, 3.8) is 0 Å². The van der Waals surface area contributed by atoms with Crippen molar-refractivity contribution in [1.29, 1.82) is 0 Å². The number of hydrogen-bond acceptors (Lipinski definition) is 9. The molecule has 3 aliphatic rings. The summed E-state index contributed by atoms with van der Waals surface area (Å²) in [7, 11) is 3.78. The third-order valence-corrected chi connectivity index (χ3v) is 6.55. The molecule has 31 heavy (non-hydrogen) atoms. The monoisotopic (exact) mass is 445 g/mol. The highest BCUT2D eigenvalue weighted by atomic mass is 16.8. The summed E-state index contributed by atoms with van der Waals surface area (Å²) in [4.78, 5) is 13.3. The molecular formula is C22H39NO8. The molecular weight excluding hydrogens is 406 g/mol. The van der Waals surface area contributed by atoms with Crippen molar-refractivity contribution >= 4 is 5.97 Å². The average Bonchev–Trinajstić information content (AvgIpc) is 3.47. The van der Waals surface area contributed by atoms with Crippen molar-refractivity contribution in [3.8, 4) is 0 Å². The van der Waals surface area contributed by atoms with E-state index >= 15 is 0 Å². The Labute approximate surface area is 185 Å². The molecule has 3 aliphatic heterocycles. The second-order valence-electron chi connectivity index (χ2n) is 8.72. The number of ether oxygens (including phenoxy) is 7. The minimum Gasteiger partial charge on any atom is -0.463 e. The molecule has 6 unspecified atom stereocenters. The van der Waals surface area contributed by atoms with Gasteiger partial charge in [-0.25, -0.2) is 0 Å². The van der Waals surface area contributed by atoms with Crippen molar-refractivity contribution < 1.29 is 38.0 Å². The van der Waals surface area contributed by atoms with Gasteiger partial charge in [-0.2, -0.15) is 0 Å². The van der Waals surface area contributed by atoms with Crippen LogP contribution in [0.4, 0.5) is 0 Å². The number of rotatable bonds is 9. The summed E-state index contributed by atoms with van der Waals surface area (Å²) in [5, 5.41) is 0. The Morgan fingerprint density at radius 2 is 1.52 bits per heavy atom. The lowest BCUT2D eigenvalue weighted by Gasteiger charge is -2.30. The molecule has 0 aliphatic carbocycles. The maximum atomic E-state index is 11.5. The molecule has 180 valence electrons. The zero-order valence-electron chi connectivity index (χ0n) is 19.9. The molecule has 9 nitrogen and oxygen atoms in total. The van der Waals surface area contributed by atoms with Crippen molar-refractivity contribution in [2.75, 3.05) is 27.3 Å². The highest BCUT2D eigenvalue weighted by Gasteiger charge is 2.58. The maximum Gasteiger partial charge on any atom is 0.302 e. The second kappa shape index (κ2) is 9.99. The number of carbonyl (C=O) groups excluding carboxylic acids is 1. The summed E-state index contributed by atoms with van der Waals surface area (Å²) in [5.41, 5.74) is 0. The van der Waals surface area contributed by atoms with Gasteiger partial charge in [0, 0.05) is 6.92 Å². The van der Waals surface area contributed by atoms with Crippen LogP contribution in [0.15, 0.2) is 0 Å². The van der Waals surface area contributed by atoms with Gasteiger partial charge >= 0.3 is 5.97 Å². The first-order chi connectivity index (χ1) is 14.7. The molecule has 3 rings (SSSR count). The molecule has 0 bridgehead atoms. The van der Waals surface area contributed by atoms with E-state index in [9.17, 15) is 4.79 Å². The Morgan fingerprint density at radius 3 is 2.03 bits per heavy atom. The van der Waals surface area contributed by atoms with Gasteiger partial charge in [-0.05, 0) is 39.8 Å². The molecule has 0 radical (unpaired) electrons. The Hall–Kier alpha value is -0.810. The van der Waals surface area contributed by atoms with Crippen LogP contribution < -0.4 is 0 Å². The summed E-state index contributed by atoms with van der Waals surface area (Å²) in [6.45, 7) is 10.0. The van der Waals surface area contributed by atoms with Gasteiger partial charge in [0.2, 0.25) is 6.41 Å². The molecule has 3 fully saturated rings. The van der Waals surface area contributed by atoms with E-state index in [4.69, 9.17) is 33.2 Å². The number of carbonyl (C=O) groups is 1. The molecule has 0 aromatic rings. The maximum absolute atomic E-state index is 11.5. The van der Waals surface area contributed by atoms with Crippen LogP contribution in [-0.4, -0.2) is 86.7 Å². The molecule has 0 saturated carbocycles. The lowest BCUT2D eigenvalue weighted by atomic mass is 9.99. The molecule has 0 aromatic carbocycles. The van der Waals surface area contributed by atoms with Crippen LogP contribution in [0, 0.1) is 0 Å². The molecule has 6 atom stereocenters. The third-order valence-electron chi connectivity index (χ3n) is 6.55. The smallest absolute Gasteiger partial charge is 0.302 e. The van der Waals surface area contributed by atoms with E-state index in [-0.39, 0.29) is 18.7 Å². The fourth-order valence-electron chi connectivity index (χ4n) is 4.51. The van der Waals surface area contributed by atoms with Gasteiger partial charge in [-0.1, -0.05) is 27.7 Å². The topological polar surface area (TPSA) is 84.9 Å². The van der Waals surface area contributed by atoms with E-state index in [1.165, 1.54) is 6.92 Å². The highest BCUT2D eigenvalue weighted by Crippen LogP contribution is 2.42. The predicted octanol–water partition coefficient (Wildman–Crippen LogP) is 2.41. The minimum atomic E-state index is -0.747. The van der Waals surface area contributed by atoms with Crippen molar-refractivity contribution in [2.45, 2.75) is 109 Å². The molecule has 0 N–H and O–H groups in total. The molecule has 3 saturated heterocycles. The SMILES string of the molecule is CCC1(CC)OCC(C2OC(N(C)C)OC2C2OC(CC)(CC)OC2COC(C)=O)O1. The van der Waals surface area contributed by atoms with Crippen LogP contribution in [0.25, 0.3) is 0 Å². The summed E-state index contributed by atoms with van der Waals surface area (Å²) < 4.78 is 43.0. The van der Waals surface area contributed by atoms with Crippen molar-refractivity contribution in [3.05, 3.63) is 0 Å². The largest absolute Gasteiger partial charge is 0.463 e. The number of esters is 1. The highest BCUT2D eigenvalue weighted by molar-refractivity contribution is 5.65. The fraction of sp³-hybridized carbons (Fsp3) is 0.955. The van der Waals surface area contributed by atoms with Gasteiger partial charge in [0.15, 0.2) is 11.6 Å². The molecule has 3 heterocycles. The molecule has 0 amide bonds.